The van der Waals surface area contributed by atoms with Gasteiger partial charge in [0.05, 0.1) is 24.1 Å². The minimum Gasteiger partial charge on any atom is -0.319 e. The monoisotopic (exact) mass is 383 g/mol. The summed E-state index contributed by atoms with van der Waals surface area (Å²) < 4.78 is 1.83. The van der Waals surface area contributed by atoms with Crippen molar-refractivity contribution >= 4 is 22.9 Å². The molecular weight excluding hydrogens is 358 g/mol. The second-order valence-electron chi connectivity index (χ2n) is 7.00. The van der Waals surface area contributed by atoms with Crippen molar-refractivity contribution < 1.29 is 4.79 Å². The van der Waals surface area contributed by atoms with Gasteiger partial charge in [-0.3, -0.25) is 9.48 Å². The van der Waals surface area contributed by atoms with Crippen LogP contribution in [-0.2, 0) is 6.54 Å². The van der Waals surface area contributed by atoms with E-state index >= 15 is 0 Å². The molecule has 0 aliphatic carbocycles. The second kappa shape index (κ2) is 8.02. The van der Waals surface area contributed by atoms with Gasteiger partial charge in [0.1, 0.15) is 9.88 Å². The van der Waals surface area contributed by atoms with Gasteiger partial charge in [-0.15, -0.1) is 11.3 Å². The van der Waals surface area contributed by atoms with Crippen molar-refractivity contribution in [3.05, 3.63) is 52.3 Å². The van der Waals surface area contributed by atoms with Gasteiger partial charge in [-0.2, -0.15) is 5.10 Å². The zero-order valence-corrected chi connectivity index (χ0v) is 17.2. The molecule has 0 unspecified atom stereocenters. The Morgan fingerprint density at radius 2 is 2.04 bits per heavy atom. The lowest BCUT2D eigenvalue weighted by Gasteiger charge is -2.08. The molecule has 0 aliphatic rings. The highest BCUT2D eigenvalue weighted by Crippen LogP contribution is 2.31. The Morgan fingerprint density at radius 1 is 1.26 bits per heavy atom. The van der Waals surface area contributed by atoms with Gasteiger partial charge in [-0.25, -0.2) is 4.98 Å². The normalized spacial score (nSPS) is 11.2. The van der Waals surface area contributed by atoms with Crippen LogP contribution in [0.4, 0.5) is 5.69 Å². The summed E-state index contributed by atoms with van der Waals surface area (Å²) in [5.41, 5.74) is 4.89. The summed E-state index contributed by atoms with van der Waals surface area (Å²) in [5, 5.41) is 8.10. The van der Waals surface area contributed by atoms with Crippen molar-refractivity contribution in [1.29, 1.82) is 0 Å². The molecule has 0 aliphatic heterocycles. The van der Waals surface area contributed by atoms with Crippen LogP contribution in [0, 0.1) is 20.8 Å². The number of carbonyl (C=O) groups excluding carboxylic acids is 1. The van der Waals surface area contributed by atoms with E-state index in [9.17, 15) is 4.79 Å². The fraction of sp³-hybridized carbons (Fsp3) is 0.350. The number of likely N-dealkylation sites (N-methyl/N-ethyl adjacent to an activating group) is 1. The number of thiazole rings is 1. The van der Waals surface area contributed by atoms with Gasteiger partial charge in [-0.05, 0) is 40.4 Å². The van der Waals surface area contributed by atoms with Crippen LogP contribution in [0.3, 0.4) is 0 Å². The molecule has 2 heterocycles. The molecule has 2 aromatic heterocycles. The van der Waals surface area contributed by atoms with E-state index < -0.39 is 0 Å². The second-order valence-corrected chi connectivity index (χ2v) is 8.00. The number of hydrogen-bond acceptors (Lipinski definition) is 5. The minimum atomic E-state index is -0.145. The smallest absolute Gasteiger partial charge is 0.267 e. The van der Waals surface area contributed by atoms with E-state index in [1.807, 2.05) is 31.9 Å². The lowest BCUT2D eigenvalue weighted by molar-refractivity contribution is 0.103. The third-order valence-corrected chi connectivity index (χ3v) is 5.47. The molecule has 6 nitrogen and oxygen atoms in total. The van der Waals surface area contributed by atoms with E-state index in [0.29, 0.717) is 10.6 Å². The molecular formula is C20H25N5OS. The molecule has 0 spiro atoms. The molecule has 142 valence electrons. The number of hydrogen-bond donors (Lipinski definition) is 1. The van der Waals surface area contributed by atoms with Crippen LogP contribution in [-0.4, -0.2) is 46.2 Å². The van der Waals surface area contributed by atoms with Crippen LogP contribution < -0.4 is 5.32 Å². The largest absolute Gasteiger partial charge is 0.319 e. The summed E-state index contributed by atoms with van der Waals surface area (Å²) in [6, 6.07) is 6.27. The fourth-order valence-corrected chi connectivity index (χ4v) is 3.87. The highest BCUT2D eigenvalue weighted by molar-refractivity contribution is 7.17. The molecule has 27 heavy (non-hydrogen) atoms. The molecule has 0 radical (unpaired) electrons. The van der Waals surface area contributed by atoms with Gasteiger partial charge in [0, 0.05) is 18.3 Å². The van der Waals surface area contributed by atoms with Gasteiger partial charge < -0.3 is 10.2 Å². The summed E-state index contributed by atoms with van der Waals surface area (Å²) in [7, 11) is 4.04. The summed E-state index contributed by atoms with van der Waals surface area (Å²) in [6.07, 6.45) is 3.53. The van der Waals surface area contributed by atoms with Crippen molar-refractivity contribution in [3.63, 3.8) is 0 Å². The molecule has 0 fully saturated rings. The maximum atomic E-state index is 12.7. The number of amides is 1. The Hall–Kier alpha value is -2.51. The van der Waals surface area contributed by atoms with E-state index in [4.69, 9.17) is 0 Å². The number of aromatic nitrogens is 3. The molecule has 1 amide bonds. The first-order valence-electron chi connectivity index (χ1n) is 8.87. The van der Waals surface area contributed by atoms with Crippen LogP contribution in [0.1, 0.15) is 26.5 Å². The van der Waals surface area contributed by atoms with Crippen molar-refractivity contribution in [2.24, 2.45) is 0 Å². The average Bonchev–Trinajstić information content (AvgIpc) is 3.19. The summed E-state index contributed by atoms with van der Waals surface area (Å²) >= 11 is 1.42. The van der Waals surface area contributed by atoms with Crippen LogP contribution >= 0.6 is 11.3 Å². The first-order chi connectivity index (χ1) is 12.8. The number of anilines is 1. The molecule has 0 atom stereocenters. The summed E-state index contributed by atoms with van der Waals surface area (Å²) in [4.78, 5) is 20.1. The average molecular weight is 384 g/mol. The molecule has 1 N–H and O–H groups in total. The highest BCUT2D eigenvalue weighted by atomic mass is 32.1. The predicted molar refractivity (Wildman–Crippen MR) is 110 cm³/mol. The van der Waals surface area contributed by atoms with E-state index in [-0.39, 0.29) is 5.91 Å². The van der Waals surface area contributed by atoms with E-state index in [1.54, 1.807) is 6.20 Å². The molecule has 0 saturated carbocycles. The lowest BCUT2D eigenvalue weighted by atomic mass is 10.1. The highest BCUT2D eigenvalue weighted by Gasteiger charge is 2.18. The van der Waals surface area contributed by atoms with Gasteiger partial charge in [0.15, 0.2) is 0 Å². The maximum Gasteiger partial charge on any atom is 0.267 e. The molecule has 3 rings (SSSR count). The Kier molecular flexibility index (Phi) is 5.72. The van der Waals surface area contributed by atoms with E-state index in [0.717, 1.165) is 34.9 Å². The van der Waals surface area contributed by atoms with Gasteiger partial charge in [-0.1, -0.05) is 23.8 Å². The zero-order chi connectivity index (χ0) is 19.6. The standard InChI is InChI=1S/C20H25N5OS/c1-13-6-7-17(14(2)10-13)20-22-15(3)18(27-20)19(26)23-16-11-21-25(12-16)9-8-24(4)5/h6-7,10-12H,8-9H2,1-5H3,(H,23,26). The van der Waals surface area contributed by atoms with E-state index in [2.05, 4.69) is 52.3 Å². The first kappa shape index (κ1) is 19.3. The van der Waals surface area contributed by atoms with Crippen LogP contribution in [0.5, 0.6) is 0 Å². The zero-order valence-electron chi connectivity index (χ0n) is 16.4. The van der Waals surface area contributed by atoms with E-state index in [1.165, 1.54) is 16.9 Å². The summed E-state index contributed by atoms with van der Waals surface area (Å²) in [5.74, 6) is -0.145. The Balaban J connectivity index is 1.75. The molecule has 3 aromatic rings. The maximum absolute atomic E-state index is 12.7. The third kappa shape index (κ3) is 4.61. The van der Waals surface area contributed by atoms with Crippen molar-refractivity contribution in [2.75, 3.05) is 26.0 Å². The minimum absolute atomic E-state index is 0.145. The number of aryl methyl sites for hydroxylation is 3. The third-order valence-electron chi connectivity index (χ3n) is 4.28. The molecule has 0 bridgehead atoms. The van der Waals surface area contributed by atoms with Crippen LogP contribution in [0.25, 0.3) is 10.6 Å². The van der Waals surface area contributed by atoms with Gasteiger partial charge in [0.25, 0.3) is 5.91 Å². The number of benzene rings is 1. The lowest BCUT2D eigenvalue weighted by Crippen LogP contribution is -2.18. The van der Waals surface area contributed by atoms with Crippen molar-refractivity contribution in [1.82, 2.24) is 19.7 Å². The Morgan fingerprint density at radius 3 is 2.74 bits per heavy atom. The predicted octanol–water partition coefficient (Wildman–Crippen LogP) is 3.75. The SMILES string of the molecule is Cc1ccc(-c2nc(C)c(C(=O)Nc3cnn(CCN(C)C)c3)s2)c(C)c1. The van der Waals surface area contributed by atoms with Crippen molar-refractivity contribution in [3.8, 4) is 10.6 Å². The van der Waals surface area contributed by atoms with Crippen molar-refractivity contribution in [2.45, 2.75) is 27.3 Å². The van der Waals surface area contributed by atoms with Gasteiger partial charge >= 0.3 is 0 Å². The number of rotatable bonds is 6. The Bertz CT molecular complexity index is 957. The molecule has 7 heteroatoms. The van der Waals surface area contributed by atoms with Crippen LogP contribution in [0.15, 0.2) is 30.6 Å². The number of nitrogens with one attached hydrogen (secondary N) is 1. The molecule has 1 aromatic carbocycles. The van der Waals surface area contributed by atoms with Gasteiger partial charge in [0.2, 0.25) is 0 Å². The summed E-state index contributed by atoms with van der Waals surface area (Å²) in [6.45, 7) is 7.68. The number of carbonyl (C=O) groups is 1. The first-order valence-corrected chi connectivity index (χ1v) is 9.68. The Labute approximate surface area is 163 Å². The van der Waals surface area contributed by atoms with Crippen LogP contribution in [0.2, 0.25) is 0 Å². The number of nitrogens with zero attached hydrogens (tertiary/aromatic N) is 4. The quantitative estimate of drug-likeness (QED) is 0.704. The fourth-order valence-electron chi connectivity index (χ4n) is 2.82. The molecule has 0 saturated heterocycles. The topological polar surface area (TPSA) is 63.1 Å².